The number of carbonyl (C=O) groups excluding carboxylic acids is 1. The van der Waals surface area contributed by atoms with Crippen molar-refractivity contribution in [3.05, 3.63) is 89.1 Å². The fourth-order valence-electron chi connectivity index (χ4n) is 3.90. The second-order valence-corrected chi connectivity index (χ2v) is 7.69. The van der Waals surface area contributed by atoms with Gasteiger partial charge in [0.15, 0.2) is 0 Å². The number of hydrogen-bond acceptors (Lipinski definition) is 2. The highest BCUT2D eigenvalue weighted by Crippen LogP contribution is 2.33. The summed E-state index contributed by atoms with van der Waals surface area (Å²) in [4.78, 5) is 24.5. The Kier molecular flexibility index (Phi) is 5.45. The van der Waals surface area contributed by atoms with Crippen LogP contribution in [0.1, 0.15) is 32.0 Å². The van der Waals surface area contributed by atoms with Crippen molar-refractivity contribution in [2.24, 2.45) is 7.05 Å². The van der Waals surface area contributed by atoms with Crippen LogP contribution in [-0.2, 0) is 13.2 Å². The van der Waals surface area contributed by atoms with E-state index in [1.54, 1.807) is 54.9 Å². The Morgan fingerprint density at radius 1 is 0.970 bits per heavy atom. The molecule has 1 amide bonds. The first kappa shape index (κ1) is 22.1. The van der Waals surface area contributed by atoms with Gasteiger partial charge in [-0.05, 0) is 66.1 Å². The zero-order chi connectivity index (χ0) is 23.9. The summed E-state index contributed by atoms with van der Waals surface area (Å²) in [7, 11) is 1.65. The van der Waals surface area contributed by atoms with Crippen LogP contribution in [0.4, 0.5) is 18.9 Å². The molecule has 4 rings (SSSR count). The number of aromatic nitrogens is 1. The van der Waals surface area contributed by atoms with Gasteiger partial charge in [-0.2, -0.15) is 13.2 Å². The van der Waals surface area contributed by atoms with Crippen molar-refractivity contribution >= 4 is 28.5 Å². The van der Waals surface area contributed by atoms with Gasteiger partial charge in [0.05, 0.1) is 5.56 Å². The van der Waals surface area contributed by atoms with E-state index >= 15 is 0 Å². The topological polar surface area (TPSA) is 71.3 Å². The van der Waals surface area contributed by atoms with Crippen molar-refractivity contribution in [2.75, 3.05) is 5.32 Å². The monoisotopic (exact) mass is 452 g/mol. The predicted octanol–water partition coefficient (Wildman–Crippen LogP) is 6.12. The van der Waals surface area contributed by atoms with Gasteiger partial charge < -0.3 is 15.0 Å². The third-order valence-corrected chi connectivity index (χ3v) is 5.54. The molecule has 0 spiro atoms. The molecule has 0 aliphatic carbocycles. The maximum absolute atomic E-state index is 13.1. The van der Waals surface area contributed by atoms with Crippen LogP contribution in [0, 0.1) is 6.92 Å². The number of carbonyl (C=O) groups is 2. The SMILES string of the molecule is Cc1cccc(C(=O)Nc2ccc3c(c2)cc(C(=O)O)n3C)c1-c1ccc(C(F)(F)F)cc1. The number of aryl methyl sites for hydroxylation is 2. The van der Waals surface area contributed by atoms with Crippen LogP contribution in [0.25, 0.3) is 22.0 Å². The van der Waals surface area contributed by atoms with Crippen LogP contribution in [0.2, 0.25) is 0 Å². The third-order valence-electron chi connectivity index (χ3n) is 5.54. The Bertz CT molecular complexity index is 1390. The summed E-state index contributed by atoms with van der Waals surface area (Å²) in [6, 6.07) is 16.4. The molecule has 5 nitrogen and oxygen atoms in total. The first-order valence-corrected chi connectivity index (χ1v) is 9.97. The number of benzene rings is 3. The maximum Gasteiger partial charge on any atom is 0.416 e. The Morgan fingerprint density at radius 2 is 1.67 bits per heavy atom. The maximum atomic E-state index is 13.1. The van der Waals surface area contributed by atoms with E-state index in [0.29, 0.717) is 33.3 Å². The van der Waals surface area contributed by atoms with Crippen molar-refractivity contribution in [1.29, 1.82) is 0 Å². The smallest absolute Gasteiger partial charge is 0.416 e. The predicted molar refractivity (Wildman–Crippen MR) is 119 cm³/mol. The number of hydrogen-bond donors (Lipinski definition) is 2. The minimum Gasteiger partial charge on any atom is -0.477 e. The minimum absolute atomic E-state index is 0.122. The number of anilines is 1. The van der Waals surface area contributed by atoms with Crippen molar-refractivity contribution < 1.29 is 27.9 Å². The molecule has 3 aromatic carbocycles. The molecule has 33 heavy (non-hydrogen) atoms. The molecule has 168 valence electrons. The fraction of sp³-hybridized carbons (Fsp3) is 0.120. The Balaban J connectivity index is 1.68. The average molecular weight is 452 g/mol. The molecule has 4 aromatic rings. The average Bonchev–Trinajstić information content (AvgIpc) is 3.09. The van der Waals surface area contributed by atoms with Gasteiger partial charge in [-0.25, -0.2) is 4.79 Å². The standard InChI is InChI=1S/C25H19F3N2O3/c1-14-4-3-5-19(22(14)15-6-8-17(9-7-15)25(26,27)28)23(31)29-18-10-11-20-16(12-18)13-21(24(32)33)30(20)2/h3-13H,1-2H3,(H,29,31)(H,32,33). The Morgan fingerprint density at radius 3 is 2.30 bits per heavy atom. The molecule has 0 fully saturated rings. The highest BCUT2D eigenvalue weighted by atomic mass is 19.4. The van der Waals surface area contributed by atoms with Gasteiger partial charge in [0.1, 0.15) is 5.69 Å². The normalized spacial score (nSPS) is 11.5. The highest BCUT2D eigenvalue weighted by Gasteiger charge is 2.30. The number of alkyl halides is 3. The molecule has 0 atom stereocenters. The number of nitrogens with one attached hydrogen (secondary N) is 1. The van der Waals surface area contributed by atoms with Gasteiger partial charge in [-0.1, -0.05) is 24.3 Å². The van der Waals surface area contributed by atoms with E-state index in [4.69, 9.17) is 0 Å². The first-order chi connectivity index (χ1) is 15.6. The molecule has 2 N–H and O–H groups in total. The van der Waals surface area contributed by atoms with E-state index in [-0.39, 0.29) is 5.69 Å². The molecule has 1 heterocycles. The largest absolute Gasteiger partial charge is 0.477 e. The summed E-state index contributed by atoms with van der Waals surface area (Å²) in [6.45, 7) is 1.78. The van der Waals surface area contributed by atoms with Crippen molar-refractivity contribution in [3.8, 4) is 11.1 Å². The Labute approximate surface area is 187 Å². The van der Waals surface area contributed by atoms with E-state index in [2.05, 4.69) is 5.32 Å². The quantitative estimate of drug-likeness (QED) is 0.392. The Hall–Kier alpha value is -4.07. The van der Waals surface area contributed by atoms with Crippen LogP contribution in [-0.4, -0.2) is 21.6 Å². The number of amides is 1. The lowest BCUT2D eigenvalue weighted by Gasteiger charge is -2.14. The summed E-state index contributed by atoms with van der Waals surface area (Å²) in [6.07, 6.45) is -4.44. The van der Waals surface area contributed by atoms with Crippen molar-refractivity contribution in [2.45, 2.75) is 13.1 Å². The van der Waals surface area contributed by atoms with Crippen LogP contribution in [0.3, 0.4) is 0 Å². The molecule has 0 aliphatic heterocycles. The highest BCUT2D eigenvalue weighted by molar-refractivity contribution is 6.10. The second kappa shape index (κ2) is 8.12. The molecule has 1 aromatic heterocycles. The number of aromatic carboxylic acids is 1. The minimum atomic E-state index is -4.44. The van der Waals surface area contributed by atoms with Gasteiger partial charge in [0.2, 0.25) is 0 Å². The molecule has 0 radical (unpaired) electrons. The third kappa shape index (κ3) is 4.19. The van der Waals surface area contributed by atoms with E-state index in [1.165, 1.54) is 18.2 Å². The van der Waals surface area contributed by atoms with Gasteiger partial charge in [-0.3, -0.25) is 4.79 Å². The van der Waals surface area contributed by atoms with Crippen molar-refractivity contribution in [1.82, 2.24) is 4.57 Å². The molecule has 0 aliphatic rings. The number of fused-ring (bicyclic) bond motifs is 1. The zero-order valence-corrected chi connectivity index (χ0v) is 17.7. The number of carboxylic acid groups (broad SMARTS) is 1. The molecule has 0 saturated carbocycles. The fourth-order valence-corrected chi connectivity index (χ4v) is 3.90. The number of halogens is 3. The van der Waals surface area contributed by atoms with Gasteiger partial charge in [-0.15, -0.1) is 0 Å². The lowest BCUT2D eigenvalue weighted by atomic mass is 9.94. The molecule has 0 unspecified atom stereocenters. The van der Waals surface area contributed by atoms with Crippen LogP contribution in [0.15, 0.2) is 66.7 Å². The van der Waals surface area contributed by atoms with Crippen LogP contribution in [0.5, 0.6) is 0 Å². The summed E-state index contributed by atoms with van der Waals surface area (Å²) in [5.41, 5.74) is 2.62. The van der Waals surface area contributed by atoms with Gasteiger partial charge in [0, 0.05) is 29.2 Å². The van der Waals surface area contributed by atoms with Gasteiger partial charge >= 0.3 is 12.1 Å². The summed E-state index contributed by atoms with van der Waals surface area (Å²) >= 11 is 0. The molecule has 0 saturated heterocycles. The molecular formula is C25H19F3N2O3. The number of nitrogens with zero attached hydrogens (tertiary/aromatic N) is 1. The lowest BCUT2D eigenvalue weighted by Crippen LogP contribution is -2.14. The molecular weight excluding hydrogens is 433 g/mol. The number of carboxylic acids is 1. The number of rotatable bonds is 4. The summed E-state index contributed by atoms with van der Waals surface area (Å²) < 4.78 is 40.4. The van der Waals surface area contributed by atoms with E-state index in [1.807, 2.05) is 0 Å². The van der Waals surface area contributed by atoms with Crippen LogP contribution >= 0.6 is 0 Å². The summed E-state index contributed by atoms with van der Waals surface area (Å²) in [5.74, 6) is -1.48. The second-order valence-electron chi connectivity index (χ2n) is 7.69. The molecule has 8 heteroatoms. The first-order valence-electron chi connectivity index (χ1n) is 9.97. The van der Waals surface area contributed by atoms with Gasteiger partial charge in [0.25, 0.3) is 5.91 Å². The van der Waals surface area contributed by atoms with E-state index in [0.717, 1.165) is 17.7 Å². The van der Waals surface area contributed by atoms with E-state index < -0.39 is 23.6 Å². The van der Waals surface area contributed by atoms with E-state index in [9.17, 15) is 27.9 Å². The lowest BCUT2D eigenvalue weighted by molar-refractivity contribution is -0.137. The summed E-state index contributed by atoms with van der Waals surface area (Å²) in [5, 5.41) is 12.8. The zero-order valence-electron chi connectivity index (χ0n) is 17.7. The van der Waals surface area contributed by atoms with Crippen LogP contribution < -0.4 is 5.32 Å². The van der Waals surface area contributed by atoms with Crippen molar-refractivity contribution in [3.63, 3.8) is 0 Å². The molecule has 0 bridgehead atoms.